The second kappa shape index (κ2) is 10.1. The largest absolute Gasteiger partial charge is 0.522 e. The number of likely N-dealkylation sites (tertiary alicyclic amines) is 1. The molecule has 0 amide bonds. The number of hydrogen-bond donors (Lipinski definition) is 2. The Bertz CT molecular complexity index is 822. The molecule has 7 heteroatoms. The molecule has 4 aliphatic rings. The molecule has 0 unspecified atom stereocenters. The smallest absolute Gasteiger partial charge is 0.393 e. The van der Waals surface area contributed by atoms with Gasteiger partial charge < -0.3 is 15.1 Å². The van der Waals surface area contributed by atoms with Gasteiger partial charge in [0.15, 0.2) is 0 Å². The van der Waals surface area contributed by atoms with Crippen molar-refractivity contribution in [2.45, 2.75) is 89.9 Å². The third-order valence-electron chi connectivity index (χ3n) is 9.06. The Kier molecular flexibility index (Phi) is 7.68. The fourth-order valence-corrected chi connectivity index (χ4v) is 7.46. The van der Waals surface area contributed by atoms with Gasteiger partial charge in [-0.15, -0.1) is 13.2 Å². The van der Waals surface area contributed by atoms with E-state index in [1.807, 2.05) is 0 Å². The SMILES string of the molecule is C=C1/C(=C\C=C2/CCC[C@]3(C)[C@@H]([C@H](C)CN4CC[C@@H](OC(F)(F)F)C4)CC[C@@H]23)C[C@@H](O)C[C@@H]1O. The average molecular weight is 484 g/mol. The number of aliphatic hydroxyl groups excluding tert-OH is 2. The van der Waals surface area contributed by atoms with Gasteiger partial charge in [0, 0.05) is 26.1 Å². The molecule has 0 bridgehead atoms. The molecule has 0 aromatic rings. The summed E-state index contributed by atoms with van der Waals surface area (Å²) in [7, 11) is 0. The number of allylic oxidation sites excluding steroid dienone is 3. The zero-order valence-corrected chi connectivity index (χ0v) is 20.5. The van der Waals surface area contributed by atoms with Crippen LogP contribution in [-0.2, 0) is 4.74 Å². The van der Waals surface area contributed by atoms with Crippen LogP contribution in [0.4, 0.5) is 13.2 Å². The van der Waals surface area contributed by atoms with Crippen LogP contribution >= 0.6 is 0 Å². The third-order valence-corrected chi connectivity index (χ3v) is 9.06. The summed E-state index contributed by atoms with van der Waals surface area (Å²) in [5.41, 5.74) is 3.32. The molecule has 0 radical (unpaired) electrons. The number of fused-ring (bicyclic) bond motifs is 1. The summed E-state index contributed by atoms with van der Waals surface area (Å²) in [5.74, 6) is 1.47. The van der Waals surface area contributed by atoms with Crippen LogP contribution < -0.4 is 0 Å². The van der Waals surface area contributed by atoms with Gasteiger partial charge in [0.25, 0.3) is 0 Å². The van der Waals surface area contributed by atoms with E-state index in [2.05, 4.69) is 42.2 Å². The summed E-state index contributed by atoms with van der Waals surface area (Å²) in [6, 6.07) is 0. The summed E-state index contributed by atoms with van der Waals surface area (Å²) < 4.78 is 42.0. The van der Waals surface area contributed by atoms with E-state index in [9.17, 15) is 23.4 Å². The van der Waals surface area contributed by atoms with E-state index < -0.39 is 24.7 Å². The van der Waals surface area contributed by atoms with Gasteiger partial charge in [-0.25, -0.2) is 0 Å². The minimum atomic E-state index is -4.56. The Morgan fingerprint density at radius 1 is 1.24 bits per heavy atom. The normalized spacial score (nSPS) is 40.8. The van der Waals surface area contributed by atoms with Crippen molar-refractivity contribution in [3.63, 3.8) is 0 Å². The molecule has 0 spiro atoms. The lowest BCUT2D eigenvalue weighted by Gasteiger charge is -2.45. The molecule has 1 saturated heterocycles. The minimum Gasteiger partial charge on any atom is -0.393 e. The quantitative estimate of drug-likeness (QED) is 0.552. The van der Waals surface area contributed by atoms with Gasteiger partial charge in [0.1, 0.15) is 0 Å². The van der Waals surface area contributed by atoms with Gasteiger partial charge in [0.2, 0.25) is 0 Å². The van der Waals surface area contributed by atoms with Gasteiger partial charge in [-0.3, -0.25) is 4.74 Å². The monoisotopic (exact) mass is 483 g/mol. The molecular weight excluding hydrogens is 443 g/mol. The van der Waals surface area contributed by atoms with E-state index >= 15 is 0 Å². The van der Waals surface area contributed by atoms with Crippen LogP contribution in [0.3, 0.4) is 0 Å². The molecule has 7 atom stereocenters. The van der Waals surface area contributed by atoms with Crippen LogP contribution in [0.25, 0.3) is 0 Å². The van der Waals surface area contributed by atoms with Gasteiger partial charge >= 0.3 is 6.36 Å². The number of ether oxygens (including phenoxy) is 1. The molecule has 1 aliphatic heterocycles. The second-order valence-electron chi connectivity index (χ2n) is 11.4. The summed E-state index contributed by atoms with van der Waals surface area (Å²) >= 11 is 0. The highest BCUT2D eigenvalue weighted by atomic mass is 19.4. The van der Waals surface area contributed by atoms with Crippen molar-refractivity contribution >= 4 is 0 Å². The number of halogens is 3. The van der Waals surface area contributed by atoms with Crippen molar-refractivity contribution in [2.24, 2.45) is 23.2 Å². The van der Waals surface area contributed by atoms with Crippen molar-refractivity contribution < 1.29 is 28.1 Å². The number of nitrogens with zero attached hydrogens (tertiary/aromatic N) is 1. The molecule has 4 rings (SSSR count). The Hall–Kier alpha value is -1.15. The van der Waals surface area contributed by atoms with E-state index in [1.54, 1.807) is 0 Å². The van der Waals surface area contributed by atoms with Crippen molar-refractivity contribution in [3.8, 4) is 0 Å². The predicted molar refractivity (Wildman–Crippen MR) is 126 cm³/mol. The van der Waals surface area contributed by atoms with Crippen molar-refractivity contribution in [2.75, 3.05) is 19.6 Å². The van der Waals surface area contributed by atoms with Crippen molar-refractivity contribution in [1.82, 2.24) is 4.90 Å². The molecular formula is C27H40F3NO3. The zero-order valence-electron chi connectivity index (χ0n) is 20.5. The van der Waals surface area contributed by atoms with Crippen molar-refractivity contribution in [1.29, 1.82) is 0 Å². The standard InChI is InChI=1S/C27H40F3NO3/c1-17(15-31-12-10-22(16-31)34-27(28,29)30)23-8-9-24-19(5-4-11-26(23,24)3)6-7-20-13-21(32)14-25(33)18(20)2/h6-7,17,21-25,32-33H,2,4-5,8-16H2,1,3H3/b19-6+,20-7-/t17-,21-,22-,23-,24+,25+,26-/m1/s1. The van der Waals surface area contributed by atoms with Gasteiger partial charge in [-0.1, -0.05) is 38.2 Å². The van der Waals surface area contributed by atoms with Crippen LogP contribution in [-0.4, -0.2) is 59.4 Å². The molecule has 192 valence electrons. The van der Waals surface area contributed by atoms with E-state index in [-0.39, 0.29) is 5.41 Å². The van der Waals surface area contributed by atoms with E-state index in [0.717, 1.165) is 43.4 Å². The molecule has 1 heterocycles. The Labute approximate surface area is 201 Å². The summed E-state index contributed by atoms with van der Waals surface area (Å²) in [5, 5.41) is 20.2. The maximum absolute atomic E-state index is 12.6. The van der Waals surface area contributed by atoms with E-state index in [0.29, 0.717) is 50.1 Å². The Morgan fingerprint density at radius 2 is 2.00 bits per heavy atom. The molecule has 3 aliphatic carbocycles. The highest BCUT2D eigenvalue weighted by Gasteiger charge is 2.51. The lowest BCUT2D eigenvalue weighted by atomic mass is 9.61. The molecule has 0 aromatic carbocycles. The number of alkyl halides is 3. The van der Waals surface area contributed by atoms with E-state index in [4.69, 9.17) is 0 Å². The Morgan fingerprint density at radius 3 is 2.74 bits per heavy atom. The van der Waals surface area contributed by atoms with Gasteiger partial charge in [-0.05, 0) is 79.3 Å². The molecule has 4 fully saturated rings. The molecule has 0 aromatic heterocycles. The summed E-state index contributed by atoms with van der Waals surface area (Å²) in [6.45, 7) is 10.6. The topological polar surface area (TPSA) is 52.9 Å². The van der Waals surface area contributed by atoms with Crippen LogP contribution in [0, 0.1) is 23.2 Å². The van der Waals surface area contributed by atoms with Crippen molar-refractivity contribution in [3.05, 3.63) is 35.5 Å². The fourth-order valence-electron chi connectivity index (χ4n) is 7.46. The Balaban J connectivity index is 1.41. The first kappa shape index (κ1) is 25.9. The zero-order chi connectivity index (χ0) is 24.7. The molecule has 3 saturated carbocycles. The van der Waals surface area contributed by atoms with Crippen LogP contribution in [0.5, 0.6) is 0 Å². The lowest BCUT2D eigenvalue weighted by Crippen LogP contribution is -2.39. The van der Waals surface area contributed by atoms with Crippen LogP contribution in [0.2, 0.25) is 0 Å². The lowest BCUT2D eigenvalue weighted by molar-refractivity contribution is -0.340. The minimum absolute atomic E-state index is 0.201. The average Bonchev–Trinajstić information content (AvgIpc) is 3.31. The number of hydrogen-bond acceptors (Lipinski definition) is 4. The number of rotatable bonds is 5. The third kappa shape index (κ3) is 5.63. The summed E-state index contributed by atoms with van der Waals surface area (Å²) in [6.07, 6.45) is 4.81. The van der Waals surface area contributed by atoms with Crippen LogP contribution in [0.15, 0.2) is 35.5 Å². The maximum atomic E-state index is 12.6. The van der Waals surface area contributed by atoms with E-state index in [1.165, 1.54) is 12.0 Å². The maximum Gasteiger partial charge on any atom is 0.522 e. The highest BCUT2D eigenvalue weighted by molar-refractivity contribution is 5.38. The molecule has 34 heavy (non-hydrogen) atoms. The van der Waals surface area contributed by atoms with Gasteiger partial charge in [-0.2, -0.15) is 0 Å². The second-order valence-corrected chi connectivity index (χ2v) is 11.4. The first-order valence-electron chi connectivity index (χ1n) is 12.9. The predicted octanol–water partition coefficient (Wildman–Crippen LogP) is 5.37. The molecule has 2 N–H and O–H groups in total. The van der Waals surface area contributed by atoms with Crippen LogP contribution in [0.1, 0.15) is 65.2 Å². The fraction of sp³-hybridized carbons (Fsp3) is 0.778. The van der Waals surface area contributed by atoms with Gasteiger partial charge in [0.05, 0.1) is 18.3 Å². The highest BCUT2D eigenvalue weighted by Crippen LogP contribution is 2.59. The number of aliphatic hydroxyl groups is 2. The first-order chi connectivity index (χ1) is 16.0. The molecule has 4 nitrogen and oxygen atoms in total. The summed E-state index contributed by atoms with van der Waals surface area (Å²) in [4.78, 5) is 2.15. The first-order valence-corrected chi connectivity index (χ1v) is 12.9.